The number of benzene rings is 1. The van der Waals surface area contributed by atoms with Gasteiger partial charge in [0, 0.05) is 36.8 Å². The fraction of sp³-hybridized carbons (Fsp3) is 0.783. The lowest BCUT2D eigenvalue weighted by molar-refractivity contribution is -0.298. The number of amidine groups is 1. The van der Waals surface area contributed by atoms with E-state index in [0.29, 0.717) is 0 Å². The predicted octanol–water partition coefficient (Wildman–Crippen LogP) is 6.47. The first-order valence-corrected chi connectivity index (χ1v) is 25.0. The normalized spacial score (nSPS) is 38.4. The minimum absolute atomic E-state index is 0.0302. The highest BCUT2D eigenvalue weighted by molar-refractivity contribution is 6.73. The van der Waals surface area contributed by atoms with Gasteiger partial charge < -0.3 is 48.7 Å². The molecule has 2 unspecified atom stereocenters. The quantitative estimate of drug-likeness (QED) is 0.0685. The van der Waals surface area contributed by atoms with Gasteiger partial charge in [0.1, 0.15) is 30.5 Å². The number of likely N-dealkylation sites (N-methyl/N-ethyl adjacent to an activating group) is 1. The Hall–Kier alpha value is -2.92. The van der Waals surface area contributed by atoms with E-state index in [4.69, 9.17) is 38.7 Å². The summed E-state index contributed by atoms with van der Waals surface area (Å²) in [7, 11) is 3.44. The Morgan fingerprint density at radius 2 is 1.59 bits per heavy atom. The van der Waals surface area contributed by atoms with Crippen LogP contribution in [0.3, 0.4) is 0 Å². The van der Waals surface area contributed by atoms with Gasteiger partial charge in [-0.2, -0.15) is 0 Å². The summed E-state index contributed by atoms with van der Waals surface area (Å²) in [6.45, 7) is 21.1. The number of Topliss-reactive ketones (excluding diaryl/α,β-unsaturated/α-hetero) is 1. The number of hydrogen-bond donors (Lipinski definition) is 2. The Bertz CT molecular complexity index is 1640. The molecule has 1 aromatic carbocycles. The monoisotopic (exact) mass is 876 g/mol. The minimum Gasteiger partial charge on any atom is -0.458 e. The van der Waals surface area contributed by atoms with Crippen molar-refractivity contribution in [3.63, 3.8) is 0 Å². The molecule has 1 aromatic rings. The molecule has 3 fully saturated rings. The number of esters is 2. The number of hydrogen-bond acceptors (Lipinski definition) is 13. The van der Waals surface area contributed by atoms with Crippen molar-refractivity contribution < 1.29 is 52.4 Å². The van der Waals surface area contributed by atoms with E-state index in [2.05, 4.69) is 30.8 Å². The van der Waals surface area contributed by atoms with Crippen LogP contribution in [-0.2, 0) is 53.9 Å². The van der Waals surface area contributed by atoms with E-state index < -0.39 is 97.7 Å². The summed E-state index contributed by atoms with van der Waals surface area (Å²) in [5, 5.41) is 16.4. The van der Waals surface area contributed by atoms with E-state index in [0.717, 1.165) is 30.1 Å². The second-order valence-corrected chi connectivity index (χ2v) is 23.4. The number of nitrogens with two attached hydrogens (primary N) is 1. The van der Waals surface area contributed by atoms with Crippen LogP contribution in [0.2, 0.25) is 18.1 Å². The summed E-state index contributed by atoms with van der Waals surface area (Å²) in [6, 6.07) is 12.1. The Balaban J connectivity index is 1.81. The number of rotatable bonds is 14. The molecule has 15 atom stereocenters. The third-order valence-electron chi connectivity index (χ3n) is 14.4. The molecule has 3 heterocycles. The smallest absolute Gasteiger partial charge is 0.317 e. The fourth-order valence-corrected chi connectivity index (χ4v) is 13.2. The van der Waals surface area contributed by atoms with Gasteiger partial charge in [-0.1, -0.05) is 84.0 Å². The van der Waals surface area contributed by atoms with Crippen LogP contribution in [-0.4, -0.2) is 117 Å². The van der Waals surface area contributed by atoms with Crippen molar-refractivity contribution in [2.24, 2.45) is 46.4 Å². The van der Waals surface area contributed by atoms with Crippen molar-refractivity contribution in [3.8, 4) is 0 Å². The molecule has 3 aliphatic heterocycles. The van der Waals surface area contributed by atoms with Gasteiger partial charge in [-0.25, -0.2) is 0 Å². The fourth-order valence-electron chi connectivity index (χ4n) is 10.3. The number of nitrogens with zero attached hydrogens (tertiary/aromatic N) is 2. The molecule has 346 valence electrons. The van der Waals surface area contributed by atoms with Crippen molar-refractivity contribution >= 4 is 31.9 Å². The molecule has 0 bridgehead atoms. The molecule has 0 radical (unpaired) electrons. The number of aliphatic hydroxyl groups excluding tert-OH is 1. The molecule has 3 aliphatic rings. The van der Waals surface area contributed by atoms with Crippen LogP contribution in [0.1, 0.15) is 101 Å². The van der Waals surface area contributed by atoms with Crippen LogP contribution < -0.4 is 5.73 Å². The molecule has 3 saturated heterocycles. The highest BCUT2D eigenvalue weighted by Crippen LogP contribution is 2.48. The number of ether oxygens (including phenoxy) is 5. The lowest BCUT2D eigenvalue weighted by Gasteiger charge is -2.50. The maximum absolute atomic E-state index is 14.9. The second-order valence-electron chi connectivity index (χ2n) is 18.6. The van der Waals surface area contributed by atoms with Gasteiger partial charge in [-0.15, -0.1) is 0 Å². The Morgan fingerprint density at radius 3 is 2.15 bits per heavy atom. The van der Waals surface area contributed by atoms with Crippen LogP contribution in [0.25, 0.3) is 0 Å². The first-order valence-electron chi connectivity index (χ1n) is 22.5. The molecule has 0 spiro atoms. The number of carbonyl (C=O) groups is 3. The Morgan fingerprint density at radius 1 is 0.967 bits per heavy atom. The van der Waals surface area contributed by atoms with Gasteiger partial charge >= 0.3 is 11.9 Å². The van der Waals surface area contributed by atoms with E-state index in [9.17, 15) is 19.5 Å². The molecular weight excluding hydrogens is 799 g/mol. The number of methoxy groups -OCH3 is 1. The summed E-state index contributed by atoms with van der Waals surface area (Å²) in [5.41, 5.74) is 4.73. The Kier molecular flexibility index (Phi) is 17.6. The largest absolute Gasteiger partial charge is 0.458 e. The van der Waals surface area contributed by atoms with Crippen molar-refractivity contribution in [1.29, 1.82) is 0 Å². The molecule has 15 heteroatoms. The number of ketones is 1. The van der Waals surface area contributed by atoms with Crippen LogP contribution >= 0.6 is 0 Å². The van der Waals surface area contributed by atoms with Gasteiger partial charge in [0.15, 0.2) is 26.0 Å². The van der Waals surface area contributed by atoms with Gasteiger partial charge in [-0.3, -0.25) is 14.4 Å². The summed E-state index contributed by atoms with van der Waals surface area (Å²) in [6.07, 6.45) is -3.53. The molecule has 0 aliphatic carbocycles. The van der Waals surface area contributed by atoms with E-state index >= 15 is 0 Å². The number of fused-ring (bicyclic) bond motifs is 1. The third-order valence-corrected chi connectivity index (χ3v) is 19.1. The Labute approximate surface area is 366 Å². The van der Waals surface area contributed by atoms with Crippen LogP contribution in [0, 0.1) is 35.5 Å². The topological polar surface area (TPSA) is 178 Å². The minimum atomic E-state index is -2.20. The predicted molar refractivity (Wildman–Crippen MR) is 236 cm³/mol. The lowest BCUT2D eigenvalue weighted by Crippen LogP contribution is -2.62. The van der Waals surface area contributed by atoms with Crippen molar-refractivity contribution in [3.05, 3.63) is 35.9 Å². The highest BCUT2D eigenvalue weighted by atomic mass is 28.4. The number of cyclic esters (lactones) is 1. The molecule has 61 heavy (non-hydrogen) atoms. The molecule has 4 rings (SSSR count). The summed E-state index contributed by atoms with van der Waals surface area (Å²) in [5.74, 6) is -7.08. The molecule has 14 nitrogen and oxygen atoms in total. The highest BCUT2D eigenvalue weighted by Gasteiger charge is 2.63. The van der Waals surface area contributed by atoms with Gasteiger partial charge in [-0.05, 0) is 84.7 Å². The van der Waals surface area contributed by atoms with E-state index in [-0.39, 0.29) is 43.2 Å². The molecule has 0 aromatic heterocycles. The van der Waals surface area contributed by atoms with Gasteiger partial charge in [0.25, 0.3) is 0 Å². The maximum Gasteiger partial charge on any atom is 0.317 e. The number of oxime groups is 1. The molecule has 0 amide bonds. The first kappa shape index (κ1) is 50.7. The zero-order valence-electron chi connectivity index (χ0n) is 39.3. The SMILES string of the molecule is CC[C@@H]1OC(=O)[C@H](C)[C@H](O)[C@H](C)[C@@H](OC2O[C@H](C)C[C@H](N(C)C)[C@H]2O[Si](CC)(CC)CC)C(C)(OC)C[C@@H](C)C(=O)[C@H](C)[C@H]2[C@H](/C(N)=N/OCc3ccccc3)C(=O)O[C@]21C. The number of aliphatic hydroxyl groups is 1. The van der Waals surface area contributed by atoms with Gasteiger partial charge in [0.05, 0.1) is 29.8 Å². The van der Waals surface area contributed by atoms with Crippen LogP contribution in [0.4, 0.5) is 0 Å². The third kappa shape index (κ3) is 10.9. The standard InChI is InChI=1S/C46H77N3O11Si/c1-15-34-46(11)36(35(43(53)59-46)41(47)48-55-26-32-22-20-19-21-23-32)29(7)37(50)27(5)25-45(10,54-14)40(30(8)38(51)31(9)42(52)57-34)58-44-39(60-61(16-2,17-3)18-4)33(49(12)13)24-28(6)56-44/h19-23,27-31,33-36,38-40,44,51H,15-18,24-26H2,1-14H3,(H2,47,48)/t27-,28-,29-,30+,31-,33+,34+,35-,36+,38-,39-,40-,44?,45?,46+/m1/s1. The van der Waals surface area contributed by atoms with Crippen molar-refractivity contribution in [2.75, 3.05) is 21.2 Å². The van der Waals surface area contributed by atoms with Crippen LogP contribution in [0.15, 0.2) is 35.5 Å². The van der Waals surface area contributed by atoms with E-state index in [1.54, 1.807) is 27.9 Å². The van der Waals surface area contributed by atoms with Crippen molar-refractivity contribution in [2.45, 2.75) is 174 Å². The van der Waals surface area contributed by atoms with E-state index in [1.165, 1.54) is 0 Å². The van der Waals surface area contributed by atoms with Crippen molar-refractivity contribution in [1.82, 2.24) is 4.90 Å². The summed E-state index contributed by atoms with van der Waals surface area (Å²) >= 11 is 0. The summed E-state index contributed by atoms with van der Waals surface area (Å²) in [4.78, 5) is 50.9. The zero-order chi connectivity index (χ0) is 45.6. The summed E-state index contributed by atoms with van der Waals surface area (Å²) < 4.78 is 39.8. The second kappa shape index (κ2) is 21.2. The average Bonchev–Trinajstić information content (AvgIpc) is 3.52. The molecular formula is C46H77N3O11Si. The lowest BCUT2D eigenvalue weighted by atomic mass is 9.67. The molecule has 0 saturated carbocycles. The molecule has 3 N–H and O–H groups in total. The van der Waals surface area contributed by atoms with Crippen LogP contribution in [0.5, 0.6) is 0 Å². The first-order chi connectivity index (χ1) is 28.7. The number of carbonyl (C=O) groups excluding carboxylic acids is 3. The van der Waals surface area contributed by atoms with E-state index in [1.807, 2.05) is 79.0 Å². The maximum atomic E-state index is 14.9. The average molecular weight is 876 g/mol. The zero-order valence-corrected chi connectivity index (χ0v) is 40.3. The van der Waals surface area contributed by atoms with Gasteiger partial charge in [0.2, 0.25) is 0 Å².